The van der Waals surface area contributed by atoms with Gasteiger partial charge in [0.15, 0.2) is 5.82 Å². The van der Waals surface area contributed by atoms with Crippen molar-refractivity contribution in [2.75, 3.05) is 21.3 Å². The predicted octanol–water partition coefficient (Wildman–Crippen LogP) is 8.36. The molecule has 2 unspecified atom stereocenters. The van der Waals surface area contributed by atoms with Crippen molar-refractivity contribution in [3.8, 4) is 0 Å². The van der Waals surface area contributed by atoms with Crippen LogP contribution in [-0.2, 0) is 5.54 Å². The summed E-state index contributed by atoms with van der Waals surface area (Å²) < 4.78 is 0. The SMILES string of the molecule is CCC(C)(CC)Nc1cccc(Nc2nc(NC3=CC=CC(NC(C)(C)C)C3)nc(C(C)(CC)Nc3ccccc3)n2)c1. The van der Waals surface area contributed by atoms with Crippen molar-refractivity contribution in [3.05, 3.63) is 84.3 Å². The van der Waals surface area contributed by atoms with Gasteiger partial charge in [-0.3, -0.25) is 0 Å². The molecule has 0 amide bonds. The molecule has 1 aromatic heterocycles. The zero-order valence-electron chi connectivity index (χ0n) is 27.2. The lowest BCUT2D eigenvalue weighted by molar-refractivity contribution is 0.388. The van der Waals surface area contributed by atoms with Crippen molar-refractivity contribution < 1.29 is 0 Å². The van der Waals surface area contributed by atoms with Crippen molar-refractivity contribution in [2.24, 2.45) is 0 Å². The Bertz CT molecular complexity index is 1400. The molecule has 0 fully saturated rings. The van der Waals surface area contributed by atoms with Gasteiger partial charge in [0.25, 0.3) is 0 Å². The first-order valence-corrected chi connectivity index (χ1v) is 15.6. The van der Waals surface area contributed by atoms with Crippen LogP contribution in [0.4, 0.5) is 29.0 Å². The maximum Gasteiger partial charge on any atom is 0.232 e. The number of aromatic nitrogens is 3. The molecule has 1 heterocycles. The van der Waals surface area contributed by atoms with Gasteiger partial charge >= 0.3 is 0 Å². The zero-order valence-corrected chi connectivity index (χ0v) is 27.2. The Morgan fingerprint density at radius 1 is 0.721 bits per heavy atom. The number of hydrogen-bond donors (Lipinski definition) is 5. The van der Waals surface area contributed by atoms with Gasteiger partial charge in [0.1, 0.15) is 0 Å². The van der Waals surface area contributed by atoms with Crippen LogP contribution in [0.25, 0.3) is 0 Å². The van der Waals surface area contributed by atoms with Crippen molar-refractivity contribution in [2.45, 2.75) is 104 Å². The van der Waals surface area contributed by atoms with Crippen LogP contribution in [0.1, 0.15) is 86.9 Å². The number of nitrogens with zero attached hydrogens (tertiary/aromatic N) is 3. The van der Waals surface area contributed by atoms with E-state index >= 15 is 0 Å². The fraction of sp³-hybridized carbons (Fsp3) is 0.457. The number of para-hydroxylation sites is 1. The number of anilines is 5. The van der Waals surface area contributed by atoms with Crippen molar-refractivity contribution in [1.82, 2.24) is 20.3 Å². The van der Waals surface area contributed by atoms with E-state index in [1.54, 1.807) is 0 Å². The van der Waals surface area contributed by atoms with E-state index in [9.17, 15) is 0 Å². The second-order valence-corrected chi connectivity index (χ2v) is 13.0. The molecule has 3 aromatic rings. The van der Waals surface area contributed by atoms with E-state index < -0.39 is 5.54 Å². The van der Waals surface area contributed by atoms with Crippen LogP contribution in [0.15, 0.2) is 78.5 Å². The highest BCUT2D eigenvalue weighted by Gasteiger charge is 2.30. The van der Waals surface area contributed by atoms with Gasteiger partial charge < -0.3 is 26.6 Å². The van der Waals surface area contributed by atoms with E-state index in [2.05, 4.69) is 124 Å². The van der Waals surface area contributed by atoms with Crippen LogP contribution in [0.3, 0.4) is 0 Å². The Hall–Kier alpha value is -3.91. The standard InChI is InChI=1S/C35H50N8/c1-9-34(7,10-2)42-29-22-16-20-27(24-29)37-32-39-30(35(8,11-3)43-25-17-13-12-14-18-25)38-31(40-32)36-26-19-15-21-28(23-26)41-33(4,5)6/h12-22,24,28,41-43H,9-11,23H2,1-8H3,(H2,36,37,38,39,40). The molecule has 2 atom stereocenters. The number of allylic oxidation sites excluding steroid dienone is 2. The van der Waals surface area contributed by atoms with E-state index in [-0.39, 0.29) is 17.1 Å². The minimum atomic E-state index is -0.526. The Morgan fingerprint density at radius 3 is 2.02 bits per heavy atom. The van der Waals surface area contributed by atoms with Crippen LogP contribution in [0, 0.1) is 0 Å². The molecule has 4 rings (SSSR count). The lowest BCUT2D eigenvalue weighted by Gasteiger charge is -2.30. The molecule has 2 aromatic carbocycles. The summed E-state index contributed by atoms with van der Waals surface area (Å²) in [5.41, 5.74) is 3.55. The fourth-order valence-electron chi connectivity index (χ4n) is 5.03. The highest BCUT2D eigenvalue weighted by atomic mass is 15.2. The summed E-state index contributed by atoms with van der Waals surface area (Å²) in [7, 11) is 0. The molecule has 0 bridgehead atoms. The summed E-state index contributed by atoms with van der Waals surface area (Å²) in [6.45, 7) is 17.5. The third kappa shape index (κ3) is 9.04. The first kappa shape index (κ1) is 32.0. The minimum Gasteiger partial charge on any atom is -0.380 e. The summed E-state index contributed by atoms with van der Waals surface area (Å²) in [5.74, 6) is 1.66. The molecule has 0 saturated carbocycles. The van der Waals surface area contributed by atoms with E-state index in [0.29, 0.717) is 17.7 Å². The van der Waals surface area contributed by atoms with Gasteiger partial charge in [-0.25, -0.2) is 0 Å². The summed E-state index contributed by atoms with van der Waals surface area (Å²) >= 11 is 0. The average molecular weight is 583 g/mol. The monoisotopic (exact) mass is 582 g/mol. The Morgan fingerprint density at radius 2 is 1.37 bits per heavy atom. The van der Waals surface area contributed by atoms with Gasteiger partial charge in [-0.1, -0.05) is 57.2 Å². The molecule has 0 aliphatic heterocycles. The highest BCUT2D eigenvalue weighted by Crippen LogP contribution is 2.30. The minimum absolute atomic E-state index is 0.00994. The Kier molecular flexibility index (Phi) is 10.1. The molecule has 1 aliphatic rings. The van der Waals surface area contributed by atoms with E-state index in [0.717, 1.165) is 48.4 Å². The van der Waals surface area contributed by atoms with E-state index in [1.807, 2.05) is 30.3 Å². The summed E-state index contributed by atoms with van der Waals surface area (Å²) in [4.78, 5) is 14.8. The van der Waals surface area contributed by atoms with E-state index in [1.165, 1.54) is 0 Å². The number of hydrogen-bond acceptors (Lipinski definition) is 8. The molecule has 5 N–H and O–H groups in total. The average Bonchev–Trinajstić information content (AvgIpc) is 2.97. The van der Waals surface area contributed by atoms with Gasteiger partial charge in [-0.05, 0) is 90.3 Å². The third-order valence-electron chi connectivity index (χ3n) is 8.13. The number of benzene rings is 2. The van der Waals surface area contributed by atoms with Gasteiger partial charge in [-0.15, -0.1) is 0 Å². The molecule has 0 spiro atoms. The molecular weight excluding hydrogens is 532 g/mol. The highest BCUT2D eigenvalue weighted by molar-refractivity contribution is 5.62. The van der Waals surface area contributed by atoms with Crippen LogP contribution >= 0.6 is 0 Å². The van der Waals surface area contributed by atoms with Crippen LogP contribution < -0.4 is 26.6 Å². The van der Waals surface area contributed by atoms with Gasteiger partial charge in [-0.2, -0.15) is 15.0 Å². The van der Waals surface area contributed by atoms with Gasteiger partial charge in [0, 0.05) is 46.3 Å². The van der Waals surface area contributed by atoms with Gasteiger partial charge in [0.05, 0.1) is 5.54 Å². The maximum atomic E-state index is 4.96. The second-order valence-electron chi connectivity index (χ2n) is 13.0. The lowest BCUT2D eigenvalue weighted by Crippen LogP contribution is -2.43. The lowest BCUT2D eigenvalue weighted by atomic mass is 9.95. The van der Waals surface area contributed by atoms with Crippen molar-refractivity contribution in [1.29, 1.82) is 0 Å². The topological polar surface area (TPSA) is 98.8 Å². The summed E-state index contributed by atoms with van der Waals surface area (Å²) in [6.07, 6.45) is 10.0. The molecule has 0 radical (unpaired) electrons. The Labute approximate surface area is 258 Å². The molecule has 8 nitrogen and oxygen atoms in total. The number of nitrogens with one attached hydrogen (secondary N) is 5. The summed E-state index contributed by atoms with van der Waals surface area (Å²) in [6, 6.07) is 18.7. The first-order valence-electron chi connectivity index (χ1n) is 15.6. The zero-order chi connectivity index (χ0) is 31.1. The quantitative estimate of drug-likeness (QED) is 0.137. The molecule has 0 saturated heterocycles. The largest absolute Gasteiger partial charge is 0.380 e. The molecule has 1 aliphatic carbocycles. The first-order chi connectivity index (χ1) is 20.4. The maximum absolute atomic E-state index is 4.96. The molecule has 43 heavy (non-hydrogen) atoms. The van der Waals surface area contributed by atoms with Crippen LogP contribution in [-0.4, -0.2) is 32.1 Å². The van der Waals surface area contributed by atoms with E-state index in [4.69, 9.17) is 15.0 Å². The fourth-order valence-corrected chi connectivity index (χ4v) is 5.03. The smallest absolute Gasteiger partial charge is 0.232 e. The summed E-state index contributed by atoms with van der Waals surface area (Å²) in [5, 5.41) is 18.0. The van der Waals surface area contributed by atoms with Crippen molar-refractivity contribution in [3.63, 3.8) is 0 Å². The molecule has 230 valence electrons. The molecular formula is C35H50N8. The second kappa shape index (κ2) is 13.6. The normalized spacial score (nSPS) is 16.7. The van der Waals surface area contributed by atoms with Gasteiger partial charge in [0.2, 0.25) is 11.9 Å². The number of rotatable bonds is 13. The van der Waals surface area contributed by atoms with Crippen molar-refractivity contribution >= 4 is 29.0 Å². The predicted molar refractivity (Wildman–Crippen MR) is 182 cm³/mol. The third-order valence-corrected chi connectivity index (χ3v) is 8.13. The van der Waals surface area contributed by atoms with Crippen LogP contribution in [0.5, 0.6) is 0 Å². The van der Waals surface area contributed by atoms with Crippen LogP contribution in [0.2, 0.25) is 0 Å². The molecule has 8 heteroatoms. The Balaban J connectivity index is 1.66.